The summed E-state index contributed by atoms with van der Waals surface area (Å²) in [6, 6.07) is 12.2. The summed E-state index contributed by atoms with van der Waals surface area (Å²) in [6.45, 7) is 20.6. The molecule has 0 aliphatic carbocycles. The maximum atomic E-state index is 14.3. The van der Waals surface area contributed by atoms with Gasteiger partial charge < -0.3 is 60.4 Å². The quantitative estimate of drug-likeness (QED) is 0.0510. The highest BCUT2D eigenvalue weighted by atomic mass is 16.6. The van der Waals surface area contributed by atoms with Gasteiger partial charge in [0.15, 0.2) is 0 Å². The zero-order valence-electron chi connectivity index (χ0n) is 50.7. The molecule has 3 rings (SSSR count). The van der Waals surface area contributed by atoms with E-state index < -0.39 is 90.7 Å². The molecule has 6 N–H and O–H groups in total. The minimum absolute atomic E-state index is 0.0633. The number of carbonyl (C=O) groups is 8. The number of carbonyl (C=O) groups excluding carboxylic acids is 8. The Morgan fingerprint density at radius 3 is 1.96 bits per heavy atom. The van der Waals surface area contributed by atoms with Gasteiger partial charge in [-0.25, -0.2) is 4.79 Å². The van der Waals surface area contributed by atoms with Crippen LogP contribution in [0.5, 0.6) is 0 Å². The fraction of sp³-hybridized carbons (Fsp3) is 0.667. The van der Waals surface area contributed by atoms with Crippen LogP contribution in [0.2, 0.25) is 0 Å². The number of ether oxygens (including phenoxy) is 4. The Morgan fingerprint density at radius 1 is 0.741 bits per heavy atom. The molecule has 1 saturated heterocycles. The lowest BCUT2D eigenvalue weighted by Crippen LogP contribution is -2.56. The SMILES string of the molecule is CCC(C)C([C@@H](CC(=O)N1CCC[C@H]1[C@H](OC)[C@@H](C)C(=O)N[C@H](C)[C@@H](O)c1ccccc1)OC)N(C)C(=O)CNC(=O)C(C(C)C)N(C)C(=O)OCc1ccc(NC(=O)CNC(=O)C(NC(=O)CC(C)OCCC(C)C)C(C)C)cc1. The number of likely N-dealkylation sites (N-methyl/N-ethyl adjacent to an activating group) is 2. The molecule has 0 radical (unpaired) electrons. The predicted octanol–water partition coefficient (Wildman–Crippen LogP) is 5.59. The van der Waals surface area contributed by atoms with E-state index in [0.29, 0.717) is 55.1 Å². The molecular weight excluding hydrogens is 1040 g/mol. The normalized spacial score (nSPS) is 17.1. The summed E-state index contributed by atoms with van der Waals surface area (Å²) in [4.78, 5) is 112. The predicted molar refractivity (Wildman–Crippen MR) is 309 cm³/mol. The van der Waals surface area contributed by atoms with E-state index in [-0.39, 0.29) is 67.6 Å². The van der Waals surface area contributed by atoms with Gasteiger partial charge in [-0.3, -0.25) is 38.5 Å². The average molecular weight is 1140 g/mol. The zero-order chi connectivity index (χ0) is 60.7. The first-order valence-electron chi connectivity index (χ1n) is 28.6. The minimum atomic E-state index is -1.01. The first-order valence-corrected chi connectivity index (χ1v) is 28.6. The van der Waals surface area contributed by atoms with Gasteiger partial charge in [-0.1, -0.05) is 111 Å². The largest absolute Gasteiger partial charge is 0.445 e. The Hall–Kier alpha value is -6.16. The Balaban J connectivity index is 1.55. The molecule has 81 heavy (non-hydrogen) atoms. The number of benzene rings is 2. The minimum Gasteiger partial charge on any atom is -0.445 e. The molecule has 21 heteroatoms. The van der Waals surface area contributed by atoms with Crippen molar-refractivity contribution in [3.63, 3.8) is 0 Å². The molecule has 1 aliphatic heterocycles. The van der Waals surface area contributed by atoms with Gasteiger partial charge in [0.1, 0.15) is 18.7 Å². The molecule has 11 atom stereocenters. The standard InChI is InChI=1S/C60H96N8O13/c1-16-39(8)54(47(78-14)32-50(71)68-29-20-23-46(68)56(79-15)41(10)57(74)63-42(11)55(73)44-21-18-17-19-22-44)66(12)51(72)34-62-59(76)53(38(6)7)67(13)60(77)81-35-43-24-26-45(27-25-43)64-49(70)33-61-58(75)52(37(4)5)65-48(69)31-40(9)80-30-28-36(2)3/h17-19,21-22,24-27,36-42,46-47,52-56,73H,16,20,23,28-35H2,1-15H3,(H,61,75)(H,62,76)(H,63,74)(H,64,70)(H,65,69)/t39?,40?,41-,42-,46+,47-,52?,53?,54?,55-,56-/m1/s1. The van der Waals surface area contributed by atoms with Crippen LogP contribution in [0.15, 0.2) is 54.6 Å². The smallest absolute Gasteiger partial charge is 0.410 e. The molecule has 0 bridgehead atoms. The van der Waals surface area contributed by atoms with Crippen molar-refractivity contribution in [2.45, 2.75) is 176 Å². The third-order valence-electron chi connectivity index (χ3n) is 15.2. The lowest BCUT2D eigenvalue weighted by Gasteiger charge is -2.39. The van der Waals surface area contributed by atoms with Crippen molar-refractivity contribution in [1.29, 1.82) is 0 Å². The van der Waals surface area contributed by atoms with E-state index >= 15 is 0 Å². The van der Waals surface area contributed by atoms with E-state index in [1.165, 1.54) is 31.1 Å². The molecule has 0 spiro atoms. The first kappa shape index (κ1) is 69.1. The fourth-order valence-corrected chi connectivity index (χ4v) is 10.1. The summed E-state index contributed by atoms with van der Waals surface area (Å²) in [7, 11) is 6.07. The van der Waals surface area contributed by atoms with Crippen LogP contribution in [0.4, 0.5) is 10.5 Å². The van der Waals surface area contributed by atoms with Gasteiger partial charge in [-0.05, 0) is 80.0 Å². The number of anilines is 1. The van der Waals surface area contributed by atoms with Crippen molar-refractivity contribution in [1.82, 2.24) is 36.0 Å². The van der Waals surface area contributed by atoms with Crippen molar-refractivity contribution >= 4 is 53.1 Å². The van der Waals surface area contributed by atoms with E-state index in [0.717, 1.165) is 6.42 Å². The highest BCUT2D eigenvalue weighted by Crippen LogP contribution is 2.30. The Labute approximate surface area is 481 Å². The van der Waals surface area contributed by atoms with Gasteiger partial charge in [0, 0.05) is 47.2 Å². The summed E-state index contributed by atoms with van der Waals surface area (Å²) in [5.74, 6) is -3.79. The summed E-state index contributed by atoms with van der Waals surface area (Å²) in [5, 5.41) is 24.6. The van der Waals surface area contributed by atoms with Gasteiger partial charge in [0.2, 0.25) is 41.4 Å². The molecule has 5 unspecified atom stereocenters. The summed E-state index contributed by atoms with van der Waals surface area (Å²) >= 11 is 0. The number of amides is 8. The number of aliphatic hydroxyl groups is 1. The number of likely N-dealkylation sites (tertiary alicyclic amines) is 1. The Bertz CT molecular complexity index is 2320. The monoisotopic (exact) mass is 1140 g/mol. The van der Waals surface area contributed by atoms with E-state index in [4.69, 9.17) is 18.9 Å². The maximum absolute atomic E-state index is 14.3. The molecule has 1 fully saturated rings. The topological polar surface area (TPSA) is 264 Å². The highest BCUT2D eigenvalue weighted by Gasteiger charge is 2.43. The van der Waals surface area contributed by atoms with E-state index in [1.807, 2.05) is 39.0 Å². The number of hydrogen-bond acceptors (Lipinski definition) is 13. The molecule has 2 aromatic rings. The average Bonchev–Trinajstić information content (AvgIpc) is 4.00. The lowest BCUT2D eigenvalue weighted by molar-refractivity contribution is -0.146. The van der Waals surface area contributed by atoms with Crippen molar-refractivity contribution < 1.29 is 62.4 Å². The number of methoxy groups -OCH3 is 2. The Morgan fingerprint density at radius 2 is 1.38 bits per heavy atom. The van der Waals surface area contributed by atoms with Crippen LogP contribution in [-0.4, -0.2) is 170 Å². The van der Waals surface area contributed by atoms with Gasteiger partial charge in [0.05, 0.1) is 74.4 Å². The van der Waals surface area contributed by atoms with Gasteiger partial charge in [-0.2, -0.15) is 0 Å². The van der Waals surface area contributed by atoms with Gasteiger partial charge >= 0.3 is 6.09 Å². The van der Waals surface area contributed by atoms with E-state index in [1.54, 1.807) is 89.9 Å². The third kappa shape index (κ3) is 21.6. The van der Waals surface area contributed by atoms with Crippen molar-refractivity contribution in [2.75, 3.05) is 59.9 Å². The summed E-state index contributed by atoms with van der Waals surface area (Å²) in [5.41, 5.74) is 1.69. The van der Waals surface area contributed by atoms with Crippen LogP contribution in [0, 0.1) is 29.6 Å². The first-order chi connectivity index (χ1) is 38.3. The number of aliphatic hydroxyl groups excluding tert-OH is 1. The van der Waals surface area contributed by atoms with Crippen LogP contribution in [-0.2, 0) is 59.1 Å². The molecule has 21 nitrogen and oxygen atoms in total. The van der Waals surface area contributed by atoms with Crippen molar-refractivity contribution in [3.8, 4) is 0 Å². The van der Waals surface area contributed by atoms with Crippen molar-refractivity contribution in [2.24, 2.45) is 29.6 Å². The van der Waals surface area contributed by atoms with E-state index in [2.05, 4.69) is 40.4 Å². The number of nitrogens with zero attached hydrogens (tertiary/aromatic N) is 3. The zero-order valence-corrected chi connectivity index (χ0v) is 50.7. The number of rotatable bonds is 33. The number of hydrogen-bond donors (Lipinski definition) is 6. The van der Waals surface area contributed by atoms with Crippen LogP contribution >= 0.6 is 0 Å². The molecule has 0 aromatic heterocycles. The second kappa shape index (κ2) is 34.3. The Kier molecular flexibility index (Phi) is 29.3. The fourth-order valence-electron chi connectivity index (χ4n) is 10.1. The molecule has 0 saturated carbocycles. The van der Waals surface area contributed by atoms with Crippen LogP contribution in [0.25, 0.3) is 0 Å². The van der Waals surface area contributed by atoms with E-state index in [9.17, 15) is 43.5 Å². The molecule has 2 aromatic carbocycles. The maximum Gasteiger partial charge on any atom is 0.410 e. The second-order valence-corrected chi connectivity index (χ2v) is 22.7. The molecule has 1 heterocycles. The number of nitrogens with one attached hydrogen (secondary N) is 5. The van der Waals surface area contributed by atoms with Crippen molar-refractivity contribution in [3.05, 3.63) is 65.7 Å². The second-order valence-electron chi connectivity index (χ2n) is 22.7. The highest BCUT2D eigenvalue weighted by molar-refractivity contribution is 5.96. The van der Waals surface area contributed by atoms with Crippen LogP contribution in [0.3, 0.4) is 0 Å². The summed E-state index contributed by atoms with van der Waals surface area (Å²) in [6.07, 6.45) is -0.523. The van der Waals surface area contributed by atoms with Crippen LogP contribution in [0.1, 0.15) is 132 Å². The lowest BCUT2D eigenvalue weighted by atomic mass is 9.90. The van der Waals surface area contributed by atoms with Gasteiger partial charge in [-0.15, -0.1) is 0 Å². The summed E-state index contributed by atoms with van der Waals surface area (Å²) < 4.78 is 23.2. The molecule has 8 amide bonds. The van der Waals surface area contributed by atoms with Gasteiger partial charge in [0.25, 0.3) is 0 Å². The third-order valence-corrected chi connectivity index (χ3v) is 15.2. The molecule has 454 valence electrons. The molecule has 1 aliphatic rings. The van der Waals surface area contributed by atoms with Crippen LogP contribution < -0.4 is 26.6 Å². The molecular formula is C60H96N8O13.